The normalized spacial score (nSPS) is 10.5. The van der Waals surface area contributed by atoms with Gasteiger partial charge in [0.1, 0.15) is 0 Å². The second-order valence-electron chi connectivity index (χ2n) is 3.40. The van der Waals surface area contributed by atoms with Gasteiger partial charge in [-0.15, -0.1) is 0 Å². The smallest absolute Gasteiger partial charge is 0.221 e. The molecule has 0 heterocycles. The summed E-state index contributed by atoms with van der Waals surface area (Å²) in [4.78, 5) is 13.4. The molecule has 0 spiro atoms. The van der Waals surface area contributed by atoms with Gasteiger partial charge < -0.3 is 10.2 Å². The summed E-state index contributed by atoms with van der Waals surface area (Å²) in [7, 11) is 2.05. The minimum Gasteiger partial charge on any atom is -0.356 e. The maximum atomic E-state index is 11.2. The van der Waals surface area contributed by atoms with Crippen LogP contribution in [0.4, 0.5) is 0 Å². The summed E-state index contributed by atoms with van der Waals surface area (Å²) in [6, 6.07) is 0. The third-order valence-corrected chi connectivity index (χ3v) is 1.90. The fraction of sp³-hybridized carbons (Fsp3) is 0.900. The molecule has 3 nitrogen and oxygen atoms in total. The first-order chi connectivity index (χ1) is 6.20. The SMILES string of the molecule is CCCNC(=O)CCN(C)CCC. The average Bonchev–Trinajstić information content (AvgIpc) is 2.12. The summed E-state index contributed by atoms with van der Waals surface area (Å²) < 4.78 is 0. The quantitative estimate of drug-likeness (QED) is 0.649. The highest BCUT2D eigenvalue weighted by Crippen LogP contribution is 1.89. The summed E-state index contributed by atoms with van der Waals surface area (Å²) in [6.45, 7) is 6.94. The van der Waals surface area contributed by atoms with Crippen LogP contribution in [0.1, 0.15) is 33.1 Å². The number of amides is 1. The lowest BCUT2D eigenvalue weighted by molar-refractivity contribution is -0.121. The molecule has 0 unspecified atom stereocenters. The summed E-state index contributed by atoms with van der Waals surface area (Å²) in [6.07, 6.45) is 2.78. The Bertz CT molecular complexity index is 137. The molecule has 0 fully saturated rings. The maximum absolute atomic E-state index is 11.2. The van der Waals surface area contributed by atoms with Crippen molar-refractivity contribution in [3.8, 4) is 0 Å². The lowest BCUT2D eigenvalue weighted by Crippen LogP contribution is -2.29. The fourth-order valence-corrected chi connectivity index (χ4v) is 1.14. The number of carbonyl (C=O) groups is 1. The molecule has 1 N–H and O–H groups in total. The average molecular weight is 186 g/mol. The largest absolute Gasteiger partial charge is 0.356 e. The van der Waals surface area contributed by atoms with Crippen molar-refractivity contribution in [1.82, 2.24) is 10.2 Å². The number of nitrogens with zero attached hydrogens (tertiary/aromatic N) is 1. The Kier molecular flexibility index (Phi) is 7.69. The highest BCUT2D eigenvalue weighted by atomic mass is 16.1. The van der Waals surface area contributed by atoms with Gasteiger partial charge >= 0.3 is 0 Å². The van der Waals surface area contributed by atoms with Gasteiger partial charge in [-0.05, 0) is 26.4 Å². The third-order valence-electron chi connectivity index (χ3n) is 1.90. The van der Waals surface area contributed by atoms with Crippen molar-refractivity contribution in [2.75, 3.05) is 26.7 Å². The standard InChI is InChI=1S/C10H22N2O/c1-4-7-11-10(13)6-9-12(3)8-5-2/h4-9H2,1-3H3,(H,11,13). The van der Waals surface area contributed by atoms with Gasteiger partial charge in [0.2, 0.25) is 5.91 Å². The molecular formula is C10H22N2O. The fourth-order valence-electron chi connectivity index (χ4n) is 1.14. The lowest BCUT2D eigenvalue weighted by atomic mass is 10.3. The number of hydrogen-bond donors (Lipinski definition) is 1. The zero-order valence-corrected chi connectivity index (χ0v) is 9.10. The molecule has 78 valence electrons. The van der Waals surface area contributed by atoms with Crippen molar-refractivity contribution < 1.29 is 4.79 Å². The minimum atomic E-state index is 0.171. The van der Waals surface area contributed by atoms with Gasteiger partial charge in [-0.2, -0.15) is 0 Å². The van der Waals surface area contributed by atoms with Crippen LogP contribution in [0.3, 0.4) is 0 Å². The van der Waals surface area contributed by atoms with Crippen molar-refractivity contribution in [2.24, 2.45) is 0 Å². The molecule has 0 bridgehead atoms. The van der Waals surface area contributed by atoms with Crippen LogP contribution in [-0.2, 0) is 4.79 Å². The van der Waals surface area contributed by atoms with E-state index in [1.807, 2.05) is 0 Å². The lowest BCUT2D eigenvalue weighted by Gasteiger charge is -2.14. The monoisotopic (exact) mass is 186 g/mol. The molecule has 0 saturated heterocycles. The Balaban J connectivity index is 3.34. The zero-order chi connectivity index (χ0) is 10.1. The Morgan fingerprint density at radius 2 is 1.92 bits per heavy atom. The van der Waals surface area contributed by atoms with Crippen molar-refractivity contribution in [2.45, 2.75) is 33.1 Å². The van der Waals surface area contributed by atoms with Crippen LogP contribution in [0, 0.1) is 0 Å². The summed E-state index contributed by atoms with van der Waals surface area (Å²) in [5, 5.41) is 2.86. The van der Waals surface area contributed by atoms with E-state index in [1.165, 1.54) is 0 Å². The van der Waals surface area contributed by atoms with E-state index in [0.29, 0.717) is 6.42 Å². The highest BCUT2D eigenvalue weighted by molar-refractivity contribution is 5.75. The van der Waals surface area contributed by atoms with Crippen LogP contribution in [0.2, 0.25) is 0 Å². The van der Waals surface area contributed by atoms with Gasteiger partial charge in [-0.1, -0.05) is 13.8 Å². The Labute approximate surface area is 81.5 Å². The van der Waals surface area contributed by atoms with Gasteiger partial charge in [-0.3, -0.25) is 4.79 Å². The molecular weight excluding hydrogens is 164 g/mol. The van der Waals surface area contributed by atoms with Crippen LogP contribution < -0.4 is 5.32 Å². The molecule has 13 heavy (non-hydrogen) atoms. The van der Waals surface area contributed by atoms with Gasteiger partial charge in [-0.25, -0.2) is 0 Å². The number of nitrogens with one attached hydrogen (secondary N) is 1. The van der Waals surface area contributed by atoms with Gasteiger partial charge in [0.15, 0.2) is 0 Å². The van der Waals surface area contributed by atoms with Gasteiger partial charge in [0, 0.05) is 19.5 Å². The van der Waals surface area contributed by atoms with Crippen LogP contribution in [0.5, 0.6) is 0 Å². The number of rotatable bonds is 7. The second kappa shape index (κ2) is 8.05. The molecule has 0 aromatic carbocycles. The molecule has 0 aromatic rings. The van der Waals surface area contributed by atoms with E-state index >= 15 is 0 Å². The molecule has 0 saturated carbocycles. The van der Waals surface area contributed by atoms with Crippen LogP contribution >= 0.6 is 0 Å². The van der Waals surface area contributed by atoms with E-state index in [4.69, 9.17) is 0 Å². The van der Waals surface area contributed by atoms with Crippen molar-refractivity contribution in [3.63, 3.8) is 0 Å². The van der Waals surface area contributed by atoms with E-state index in [0.717, 1.165) is 32.5 Å². The predicted molar refractivity (Wildman–Crippen MR) is 55.7 cm³/mol. The first-order valence-electron chi connectivity index (χ1n) is 5.16. The first-order valence-corrected chi connectivity index (χ1v) is 5.16. The summed E-state index contributed by atoms with van der Waals surface area (Å²) in [5.74, 6) is 0.171. The van der Waals surface area contributed by atoms with Gasteiger partial charge in [0.25, 0.3) is 0 Å². The molecule has 0 aromatic heterocycles. The van der Waals surface area contributed by atoms with Crippen LogP contribution in [0.25, 0.3) is 0 Å². The molecule has 0 aliphatic heterocycles. The predicted octanol–water partition coefficient (Wildman–Crippen LogP) is 1.24. The molecule has 0 aliphatic rings. The molecule has 0 atom stereocenters. The Morgan fingerprint density at radius 3 is 2.46 bits per heavy atom. The van der Waals surface area contributed by atoms with Crippen molar-refractivity contribution in [3.05, 3.63) is 0 Å². The molecule has 0 aliphatic carbocycles. The van der Waals surface area contributed by atoms with Crippen LogP contribution in [-0.4, -0.2) is 37.5 Å². The van der Waals surface area contributed by atoms with E-state index in [2.05, 4.69) is 31.1 Å². The van der Waals surface area contributed by atoms with Gasteiger partial charge in [0.05, 0.1) is 0 Å². The maximum Gasteiger partial charge on any atom is 0.221 e. The van der Waals surface area contributed by atoms with E-state index in [-0.39, 0.29) is 5.91 Å². The van der Waals surface area contributed by atoms with Crippen molar-refractivity contribution in [1.29, 1.82) is 0 Å². The van der Waals surface area contributed by atoms with Crippen molar-refractivity contribution >= 4 is 5.91 Å². The molecule has 1 amide bonds. The first kappa shape index (κ1) is 12.4. The van der Waals surface area contributed by atoms with E-state index in [1.54, 1.807) is 0 Å². The molecule has 3 heteroatoms. The summed E-state index contributed by atoms with van der Waals surface area (Å²) >= 11 is 0. The molecule has 0 radical (unpaired) electrons. The topological polar surface area (TPSA) is 32.3 Å². The van der Waals surface area contributed by atoms with E-state index in [9.17, 15) is 4.79 Å². The van der Waals surface area contributed by atoms with Crippen LogP contribution in [0.15, 0.2) is 0 Å². The van der Waals surface area contributed by atoms with E-state index < -0.39 is 0 Å². The Hall–Kier alpha value is -0.570. The molecule has 0 rings (SSSR count). The third kappa shape index (κ3) is 7.78. The number of hydrogen-bond acceptors (Lipinski definition) is 2. The highest BCUT2D eigenvalue weighted by Gasteiger charge is 2.02. The Morgan fingerprint density at radius 1 is 1.23 bits per heavy atom. The number of carbonyl (C=O) groups excluding carboxylic acids is 1. The zero-order valence-electron chi connectivity index (χ0n) is 9.10. The summed E-state index contributed by atoms with van der Waals surface area (Å²) in [5.41, 5.74) is 0. The second-order valence-corrected chi connectivity index (χ2v) is 3.40. The minimum absolute atomic E-state index is 0.171.